The lowest BCUT2D eigenvalue weighted by Crippen LogP contribution is -2.03. The molecule has 0 saturated heterocycles. The van der Waals surface area contributed by atoms with Crippen LogP contribution in [0, 0.1) is 20.8 Å². The van der Waals surface area contributed by atoms with Gasteiger partial charge in [0.1, 0.15) is 34.4 Å². The normalized spacial score (nSPS) is 13.8. The van der Waals surface area contributed by atoms with Crippen molar-refractivity contribution >= 4 is 33.7 Å². The number of rotatable bonds is 5. The molecule has 5 aromatic rings. The molecule has 10 heteroatoms. The Morgan fingerprint density at radius 1 is 1.15 bits per heavy atom. The molecular weight excluding hydrogens is 420 g/mol. The molecule has 2 N–H and O–H groups in total. The van der Waals surface area contributed by atoms with Gasteiger partial charge < -0.3 is 19.6 Å². The fourth-order valence-electron chi connectivity index (χ4n) is 4.40. The van der Waals surface area contributed by atoms with Crippen LogP contribution in [0.2, 0.25) is 0 Å². The molecule has 0 aliphatic heterocycles. The van der Waals surface area contributed by atoms with Crippen LogP contribution in [0.3, 0.4) is 0 Å². The molecule has 0 bridgehead atoms. The van der Waals surface area contributed by atoms with Crippen molar-refractivity contribution in [3.05, 3.63) is 35.1 Å². The maximum absolute atomic E-state index is 5.67. The van der Waals surface area contributed by atoms with Crippen LogP contribution in [-0.2, 0) is 7.05 Å². The van der Waals surface area contributed by atoms with Crippen molar-refractivity contribution in [3.8, 4) is 17.0 Å². The highest BCUT2D eigenvalue weighted by Crippen LogP contribution is 2.41. The lowest BCUT2D eigenvalue weighted by molar-refractivity contribution is 0.392. The highest BCUT2D eigenvalue weighted by Gasteiger charge is 2.27. The van der Waals surface area contributed by atoms with Gasteiger partial charge in [0.05, 0.1) is 40.5 Å². The van der Waals surface area contributed by atoms with Crippen molar-refractivity contribution in [1.82, 2.24) is 34.9 Å². The summed E-state index contributed by atoms with van der Waals surface area (Å²) in [5.41, 5.74) is 5.84. The number of H-pyrrole nitrogens is 1. The predicted octanol–water partition coefficient (Wildman–Crippen LogP) is 4.45. The summed E-state index contributed by atoms with van der Waals surface area (Å²) in [5.74, 6) is 3.98. The van der Waals surface area contributed by atoms with Gasteiger partial charge in [0.15, 0.2) is 0 Å². The number of pyridine rings is 1. The van der Waals surface area contributed by atoms with Crippen molar-refractivity contribution in [3.63, 3.8) is 0 Å². The molecule has 168 valence electrons. The predicted molar refractivity (Wildman–Crippen MR) is 124 cm³/mol. The van der Waals surface area contributed by atoms with Crippen LogP contribution in [0.5, 0.6) is 5.88 Å². The van der Waals surface area contributed by atoms with Crippen molar-refractivity contribution in [1.29, 1.82) is 0 Å². The first-order valence-corrected chi connectivity index (χ1v) is 10.9. The summed E-state index contributed by atoms with van der Waals surface area (Å²) in [6.45, 7) is 5.66. The minimum Gasteiger partial charge on any atom is -0.481 e. The van der Waals surface area contributed by atoms with E-state index in [1.165, 1.54) is 12.8 Å². The van der Waals surface area contributed by atoms with Crippen LogP contribution in [0.25, 0.3) is 33.2 Å². The number of anilines is 2. The Bertz CT molecular complexity index is 1520. The summed E-state index contributed by atoms with van der Waals surface area (Å²) < 4.78 is 12.9. The summed E-state index contributed by atoms with van der Waals surface area (Å²) in [7, 11) is 3.55. The van der Waals surface area contributed by atoms with E-state index in [0.29, 0.717) is 34.8 Å². The SMILES string of the molecule is COc1nc2c(cc1-c1c(C)noc1C)[nH]c1nc(C)nc(Nc3cc(C4CC4)nn3C)c12. The molecule has 6 rings (SSSR count). The van der Waals surface area contributed by atoms with Crippen LogP contribution in [-0.4, -0.2) is 42.0 Å². The molecule has 5 heterocycles. The molecule has 1 saturated carbocycles. The molecule has 0 spiro atoms. The minimum absolute atomic E-state index is 0.487. The highest BCUT2D eigenvalue weighted by atomic mass is 16.5. The quantitative estimate of drug-likeness (QED) is 0.408. The summed E-state index contributed by atoms with van der Waals surface area (Å²) in [4.78, 5) is 17.6. The summed E-state index contributed by atoms with van der Waals surface area (Å²) >= 11 is 0. The van der Waals surface area contributed by atoms with Crippen molar-refractivity contribution in [2.45, 2.75) is 39.5 Å². The number of ether oxygens (including phenoxy) is 1. The van der Waals surface area contributed by atoms with Crippen molar-refractivity contribution in [2.75, 3.05) is 12.4 Å². The Morgan fingerprint density at radius 2 is 1.97 bits per heavy atom. The fraction of sp³-hybridized carbons (Fsp3) is 0.348. The zero-order chi connectivity index (χ0) is 22.9. The van der Waals surface area contributed by atoms with Gasteiger partial charge in [-0.25, -0.2) is 15.0 Å². The van der Waals surface area contributed by atoms with Crippen LogP contribution in [0.15, 0.2) is 16.7 Å². The van der Waals surface area contributed by atoms with Crippen molar-refractivity contribution < 1.29 is 9.26 Å². The fourth-order valence-corrected chi connectivity index (χ4v) is 4.40. The van der Waals surface area contributed by atoms with Gasteiger partial charge in [-0.2, -0.15) is 5.10 Å². The van der Waals surface area contributed by atoms with Gasteiger partial charge in [0, 0.05) is 19.0 Å². The van der Waals surface area contributed by atoms with Crippen LogP contribution in [0.4, 0.5) is 11.6 Å². The zero-order valence-corrected chi connectivity index (χ0v) is 19.1. The maximum atomic E-state index is 5.67. The number of nitrogens with one attached hydrogen (secondary N) is 2. The number of aromatic amines is 1. The average molecular weight is 444 g/mol. The molecule has 0 amide bonds. The molecule has 33 heavy (non-hydrogen) atoms. The number of methoxy groups -OCH3 is 1. The third-order valence-corrected chi connectivity index (χ3v) is 6.14. The second kappa shape index (κ2) is 7.03. The molecule has 0 unspecified atom stereocenters. The smallest absolute Gasteiger partial charge is 0.221 e. The van der Waals surface area contributed by atoms with E-state index in [4.69, 9.17) is 19.2 Å². The first-order chi connectivity index (χ1) is 15.9. The molecule has 5 aromatic heterocycles. The Hall–Kier alpha value is -3.95. The highest BCUT2D eigenvalue weighted by molar-refractivity contribution is 6.10. The van der Waals surface area contributed by atoms with Crippen LogP contribution >= 0.6 is 0 Å². The first-order valence-electron chi connectivity index (χ1n) is 10.9. The number of hydrogen-bond donors (Lipinski definition) is 2. The zero-order valence-electron chi connectivity index (χ0n) is 19.1. The van der Waals surface area contributed by atoms with Gasteiger partial charge in [-0.1, -0.05) is 5.16 Å². The van der Waals surface area contributed by atoms with E-state index < -0.39 is 0 Å². The summed E-state index contributed by atoms with van der Waals surface area (Å²) in [5, 5.41) is 13.0. The average Bonchev–Trinajstić information content (AvgIpc) is 3.37. The van der Waals surface area contributed by atoms with E-state index in [9.17, 15) is 0 Å². The second-order valence-corrected chi connectivity index (χ2v) is 8.59. The van der Waals surface area contributed by atoms with Gasteiger partial charge in [0.25, 0.3) is 0 Å². The molecular formula is C23H24N8O2. The van der Waals surface area contributed by atoms with Gasteiger partial charge in [-0.15, -0.1) is 0 Å². The van der Waals surface area contributed by atoms with Gasteiger partial charge >= 0.3 is 0 Å². The topological polar surface area (TPSA) is 120 Å². The first kappa shape index (κ1) is 19.7. The molecule has 10 nitrogen and oxygen atoms in total. The van der Waals surface area contributed by atoms with E-state index in [1.54, 1.807) is 7.11 Å². The Kier molecular flexibility index (Phi) is 4.20. The second-order valence-electron chi connectivity index (χ2n) is 8.59. The molecule has 0 aromatic carbocycles. The van der Waals surface area contributed by atoms with E-state index in [2.05, 4.69) is 31.6 Å². The Morgan fingerprint density at radius 3 is 2.67 bits per heavy atom. The molecule has 1 aliphatic carbocycles. The van der Waals surface area contributed by atoms with Crippen LogP contribution < -0.4 is 10.1 Å². The number of aryl methyl sites for hydroxylation is 4. The van der Waals surface area contributed by atoms with Crippen molar-refractivity contribution in [2.24, 2.45) is 7.05 Å². The standard InChI is InChI=1S/C23H24N8O2/c1-10-18(11(2)33-30-10)14-8-16-20(28-23(14)32-5)19-21(26-16)24-12(3)25-22(19)27-17-9-15(13-6-7-13)29-31(17)4/h8-9,13H,6-7H2,1-5H3,(H2,24,25,26,27). The van der Waals surface area contributed by atoms with Gasteiger partial charge in [-0.3, -0.25) is 4.68 Å². The van der Waals surface area contributed by atoms with E-state index in [0.717, 1.165) is 44.8 Å². The largest absolute Gasteiger partial charge is 0.481 e. The number of nitrogens with zero attached hydrogens (tertiary/aromatic N) is 6. The minimum atomic E-state index is 0.487. The maximum Gasteiger partial charge on any atom is 0.221 e. The van der Waals surface area contributed by atoms with Crippen LogP contribution in [0.1, 0.15) is 41.7 Å². The summed E-state index contributed by atoms with van der Waals surface area (Å²) in [6, 6.07) is 4.10. The summed E-state index contributed by atoms with van der Waals surface area (Å²) in [6.07, 6.45) is 2.40. The molecule has 1 aliphatic rings. The van der Waals surface area contributed by atoms with Gasteiger partial charge in [-0.05, 0) is 39.7 Å². The molecule has 0 radical (unpaired) electrons. The number of aromatic nitrogens is 7. The number of hydrogen-bond acceptors (Lipinski definition) is 8. The van der Waals surface area contributed by atoms with E-state index in [-0.39, 0.29) is 0 Å². The Labute approximate surface area is 189 Å². The third kappa shape index (κ3) is 3.12. The molecule has 0 atom stereocenters. The monoisotopic (exact) mass is 444 g/mol. The lowest BCUT2D eigenvalue weighted by atomic mass is 10.0. The van der Waals surface area contributed by atoms with Gasteiger partial charge in [0.2, 0.25) is 5.88 Å². The Balaban J connectivity index is 1.54. The molecule has 1 fully saturated rings. The third-order valence-electron chi connectivity index (χ3n) is 6.14. The van der Waals surface area contributed by atoms with E-state index >= 15 is 0 Å². The number of fused-ring (bicyclic) bond motifs is 3. The lowest BCUT2D eigenvalue weighted by Gasteiger charge is -2.09. The van der Waals surface area contributed by atoms with E-state index in [1.807, 2.05) is 38.6 Å².